The van der Waals surface area contributed by atoms with Crippen LogP contribution in [-0.4, -0.2) is 6.61 Å². The molecule has 1 atom stereocenters. The largest absolute Gasteiger partial charge is 0.491 e. The number of unbranched alkanes of at least 4 members (excludes halogenated alkanes) is 2. The van der Waals surface area contributed by atoms with Gasteiger partial charge in [-0.3, -0.25) is 0 Å². The van der Waals surface area contributed by atoms with Crippen LogP contribution in [0.3, 0.4) is 0 Å². The van der Waals surface area contributed by atoms with Crippen molar-refractivity contribution in [1.29, 1.82) is 0 Å². The van der Waals surface area contributed by atoms with E-state index in [1.54, 1.807) is 11.6 Å². The zero-order chi connectivity index (χ0) is 21.9. The SMILES string of the molecule is CCCCCOc1ccc(C(CCC2(CC)CCCCC2)CC2=CCCCC2)cc1F. The molecule has 174 valence electrons. The molecular weight excluding hydrogens is 383 g/mol. The molecule has 2 heteroatoms. The van der Waals surface area contributed by atoms with Crippen molar-refractivity contribution in [2.75, 3.05) is 6.61 Å². The molecule has 0 spiro atoms. The van der Waals surface area contributed by atoms with Crippen LogP contribution in [0, 0.1) is 11.2 Å². The molecule has 2 aliphatic rings. The van der Waals surface area contributed by atoms with E-state index in [0.717, 1.165) is 25.7 Å². The molecular formula is C29H45FO. The summed E-state index contributed by atoms with van der Waals surface area (Å²) in [5, 5.41) is 0. The Morgan fingerprint density at radius 3 is 2.55 bits per heavy atom. The molecule has 0 radical (unpaired) electrons. The molecule has 0 saturated heterocycles. The van der Waals surface area contributed by atoms with Crippen LogP contribution in [0.2, 0.25) is 0 Å². The number of hydrogen-bond donors (Lipinski definition) is 0. The lowest BCUT2D eigenvalue weighted by Gasteiger charge is -2.38. The zero-order valence-electron chi connectivity index (χ0n) is 20.2. The molecule has 1 saturated carbocycles. The average molecular weight is 429 g/mol. The Kier molecular flexibility index (Phi) is 9.94. The predicted octanol–water partition coefficient (Wildman–Crippen LogP) is 9.51. The number of ether oxygens (including phenoxy) is 1. The first-order valence-electron chi connectivity index (χ1n) is 13.3. The Balaban J connectivity index is 1.70. The van der Waals surface area contributed by atoms with Gasteiger partial charge in [0, 0.05) is 0 Å². The van der Waals surface area contributed by atoms with E-state index in [0.29, 0.717) is 23.7 Å². The standard InChI is InChI=1S/C29H45FO/c1-3-5-12-21-31-28-16-15-25(23-27(28)30)26(22-24-13-8-6-9-14-24)17-20-29(4-2)18-10-7-11-19-29/h13,15-16,23,26H,3-12,14,17-22H2,1-2H3. The number of rotatable bonds is 12. The molecule has 3 rings (SSSR count). The summed E-state index contributed by atoms with van der Waals surface area (Å²) in [6, 6.07) is 5.81. The molecule has 0 bridgehead atoms. The van der Waals surface area contributed by atoms with E-state index < -0.39 is 0 Å². The Morgan fingerprint density at radius 1 is 1.03 bits per heavy atom. The van der Waals surface area contributed by atoms with Crippen molar-refractivity contribution in [3.63, 3.8) is 0 Å². The zero-order valence-corrected chi connectivity index (χ0v) is 20.2. The summed E-state index contributed by atoms with van der Waals surface area (Å²) in [5.41, 5.74) is 3.30. The van der Waals surface area contributed by atoms with Crippen LogP contribution in [0.4, 0.5) is 4.39 Å². The van der Waals surface area contributed by atoms with E-state index in [9.17, 15) is 4.39 Å². The third-order valence-electron chi connectivity index (χ3n) is 8.01. The summed E-state index contributed by atoms with van der Waals surface area (Å²) in [4.78, 5) is 0. The molecule has 0 heterocycles. The monoisotopic (exact) mass is 428 g/mol. The maximum Gasteiger partial charge on any atom is 0.165 e. The molecule has 1 nitrogen and oxygen atoms in total. The van der Waals surface area contributed by atoms with Crippen LogP contribution in [0.15, 0.2) is 29.8 Å². The summed E-state index contributed by atoms with van der Waals surface area (Å²) in [7, 11) is 0. The third-order valence-corrected chi connectivity index (χ3v) is 8.01. The van der Waals surface area contributed by atoms with Crippen LogP contribution in [-0.2, 0) is 0 Å². The third kappa shape index (κ3) is 7.36. The molecule has 1 aromatic carbocycles. The van der Waals surface area contributed by atoms with Gasteiger partial charge in [0.25, 0.3) is 0 Å². The van der Waals surface area contributed by atoms with Crippen LogP contribution < -0.4 is 4.74 Å². The average Bonchev–Trinajstić information content (AvgIpc) is 2.81. The van der Waals surface area contributed by atoms with E-state index in [1.807, 2.05) is 6.07 Å². The Hall–Kier alpha value is -1.31. The highest BCUT2D eigenvalue weighted by molar-refractivity contribution is 5.32. The summed E-state index contributed by atoms with van der Waals surface area (Å²) in [6.07, 6.45) is 22.7. The molecule has 0 aromatic heterocycles. The van der Waals surface area contributed by atoms with E-state index in [4.69, 9.17) is 4.74 Å². The second-order valence-corrected chi connectivity index (χ2v) is 10.2. The lowest BCUT2D eigenvalue weighted by atomic mass is 9.68. The highest BCUT2D eigenvalue weighted by atomic mass is 19.1. The number of hydrogen-bond acceptors (Lipinski definition) is 1. The normalized spacial score (nSPS) is 19.6. The van der Waals surface area contributed by atoms with Crippen molar-refractivity contribution < 1.29 is 9.13 Å². The van der Waals surface area contributed by atoms with Gasteiger partial charge in [0.2, 0.25) is 0 Å². The van der Waals surface area contributed by atoms with Crippen molar-refractivity contribution in [2.45, 2.75) is 122 Å². The van der Waals surface area contributed by atoms with Crippen LogP contribution in [0.5, 0.6) is 5.75 Å². The highest BCUT2D eigenvalue weighted by Gasteiger charge is 2.31. The topological polar surface area (TPSA) is 9.23 Å². The van der Waals surface area contributed by atoms with Gasteiger partial charge < -0.3 is 4.74 Å². The van der Waals surface area contributed by atoms with E-state index in [1.165, 1.54) is 82.6 Å². The summed E-state index contributed by atoms with van der Waals surface area (Å²) >= 11 is 0. The predicted molar refractivity (Wildman–Crippen MR) is 130 cm³/mol. The minimum atomic E-state index is -0.181. The van der Waals surface area contributed by atoms with Gasteiger partial charge in [0.15, 0.2) is 11.6 Å². The fourth-order valence-electron chi connectivity index (χ4n) is 5.78. The van der Waals surface area contributed by atoms with Crippen LogP contribution in [0.25, 0.3) is 0 Å². The Morgan fingerprint density at radius 2 is 1.87 bits per heavy atom. The Labute approximate surface area is 190 Å². The fourth-order valence-corrected chi connectivity index (χ4v) is 5.78. The van der Waals surface area contributed by atoms with Crippen LogP contribution >= 0.6 is 0 Å². The molecule has 2 aliphatic carbocycles. The van der Waals surface area contributed by atoms with Gasteiger partial charge >= 0.3 is 0 Å². The first-order valence-corrected chi connectivity index (χ1v) is 13.3. The van der Waals surface area contributed by atoms with Gasteiger partial charge in [-0.05, 0) is 93.2 Å². The number of halogens is 1. The minimum Gasteiger partial charge on any atom is -0.491 e. The lowest BCUT2D eigenvalue weighted by molar-refractivity contribution is 0.156. The molecule has 1 fully saturated rings. The summed E-state index contributed by atoms with van der Waals surface area (Å²) in [6.45, 7) is 5.17. The van der Waals surface area contributed by atoms with Crippen LogP contribution in [0.1, 0.15) is 128 Å². The van der Waals surface area contributed by atoms with Gasteiger partial charge in [-0.2, -0.15) is 0 Å². The Bertz CT molecular complexity index is 686. The number of allylic oxidation sites excluding steroid dienone is 2. The van der Waals surface area contributed by atoms with Crippen molar-refractivity contribution >= 4 is 0 Å². The molecule has 0 aliphatic heterocycles. The molecule has 1 aromatic rings. The van der Waals surface area contributed by atoms with Crippen molar-refractivity contribution in [3.8, 4) is 5.75 Å². The molecule has 31 heavy (non-hydrogen) atoms. The van der Waals surface area contributed by atoms with Gasteiger partial charge in [-0.25, -0.2) is 4.39 Å². The van der Waals surface area contributed by atoms with Crippen molar-refractivity contribution in [3.05, 3.63) is 41.2 Å². The smallest absolute Gasteiger partial charge is 0.165 e. The van der Waals surface area contributed by atoms with Gasteiger partial charge in [0.1, 0.15) is 0 Å². The van der Waals surface area contributed by atoms with Crippen molar-refractivity contribution in [1.82, 2.24) is 0 Å². The molecule has 1 unspecified atom stereocenters. The quantitative estimate of drug-likeness (QED) is 0.238. The van der Waals surface area contributed by atoms with E-state index in [-0.39, 0.29) is 5.82 Å². The molecule has 0 N–H and O–H groups in total. The maximum absolute atomic E-state index is 14.9. The van der Waals surface area contributed by atoms with Crippen molar-refractivity contribution in [2.24, 2.45) is 5.41 Å². The second kappa shape index (κ2) is 12.7. The lowest BCUT2D eigenvalue weighted by Crippen LogP contribution is -2.24. The summed E-state index contributed by atoms with van der Waals surface area (Å²) in [5.74, 6) is 0.672. The van der Waals surface area contributed by atoms with E-state index >= 15 is 0 Å². The number of benzene rings is 1. The maximum atomic E-state index is 14.9. The first kappa shape index (κ1) is 24.3. The van der Waals surface area contributed by atoms with E-state index in [2.05, 4.69) is 26.0 Å². The first-order chi connectivity index (χ1) is 15.2. The summed E-state index contributed by atoms with van der Waals surface area (Å²) < 4.78 is 20.6. The molecule has 0 amide bonds. The highest BCUT2D eigenvalue weighted by Crippen LogP contribution is 2.45. The fraction of sp³-hybridized carbons (Fsp3) is 0.724. The van der Waals surface area contributed by atoms with Gasteiger partial charge in [0.05, 0.1) is 6.61 Å². The van der Waals surface area contributed by atoms with Gasteiger partial charge in [-0.15, -0.1) is 0 Å². The minimum absolute atomic E-state index is 0.181. The second-order valence-electron chi connectivity index (χ2n) is 10.2. The van der Waals surface area contributed by atoms with Gasteiger partial charge in [-0.1, -0.05) is 70.1 Å².